The fraction of sp³-hybridized carbons (Fsp3) is 0.400. The Kier molecular flexibility index (Phi) is 6.57. The number of nitrogens with zero attached hydrogens (tertiary/aromatic N) is 2. The molecule has 2 heterocycles. The molecular formula is C20H26N4O2. The Hall–Kier alpha value is -2.44. The van der Waals surface area contributed by atoms with Crippen molar-refractivity contribution in [2.75, 3.05) is 44.7 Å². The summed E-state index contributed by atoms with van der Waals surface area (Å²) in [5.41, 5.74) is 3.84. The average Bonchev–Trinajstić information content (AvgIpc) is 2.68. The molecule has 1 fully saturated rings. The second-order valence-corrected chi connectivity index (χ2v) is 6.51. The quantitative estimate of drug-likeness (QED) is 0.797. The number of carbonyl (C=O) groups is 1. The van der Waals surface area contributed by atoms with Gasteiger partial charge in [0.2, 0.25) is 0 Å². The molecule has 0 atom stereocenters. The summed E-state index contributed by atoms with van der Waals surface area (Å²) >= 11 is 0. The van der Waals surface area contributed by atoms with Gasteiger partial charge in [0.05, 0.1) is 24.5 Å². The van der Waals surface area contributed by atoms with E-state index in [4.69, 9.17) is 4.74 Å². The number of morpholine rings is 1. The minimum atomic E-state index is -0.0928. The first-order valence-electron chi connectivity index (χ1n) is 9.03. The molecule has 0 saturated carbocycles. The molecule has 2 aromatic rings. The number of hydrogen-bond donors (Lipinski definition) is 2. The number of aromatic nitrogens is 1. The molecule has 1 amide bonds. The van der Waals surface area contributed by atoms with E-state index in [9.17, 15) is 4.79 Å². The lowest BCUT2D eigenvalue weighted by molar-refractivity contribution is 0.0383. The highest BCUT2D eigenvalue weighted by atomic mass is 16.5. The molecule has 6 nitrogen and oxygen atoms in total. The number of benzene rings is 1. The van der Waals surface area contributed by atoms with Crippen molar-refractivity contribution in [1.29, 1.82) is 0 Å². The van der Waals surface area contributed by atoms with Crippen LogP contribution in [0.2, 0.25) is 0 Å². The first-order chi connectivity index (χ1) is 12.7. The lowest BCUT2D eigenvalue weighted by atomic mass is 10.1. The summed E-state index contributed by atoms with van der Waals surface area (Å²) in [7, 11) is 0. The van der Waals surface area contributed by atoms with E-state index in [1.54, 1.807) is 12.4 Å². The third-order valence-corrected chi connectivity index (χ3v) is 4.43. The van der Waals surface area contributed by atoms with Crippen molar-refractivity contribution in [2.45, 2.75) is 13.5 Å². The molecule has 1 aliphatic rings. The van der Waals surface area contributed by atoms with Crippen LogP contribution in [0, 0.1) is 6.92 Å². The second kappa shape index (κ2) is 9.31. The topological polar surface area (TPSA) is 66.5 Å². The van der Waals surface area contributed by atoms with E-state index in [-0.39, 0.29) is 5.91 Å². The van der Waals surface area contributed by atoms with Gasteiger partial charge in [-0.2, -0.15) is 0 Å². The van der Waals surface area contributed by atoms with E-state index >= 15 is 0 Å². The molecule has 0 bridgehead atoms. The number of nitrogens with one attached hydrogen (secondary N) is 2. The van der Waals surface area contributed by atoms with Gasteiger partial charge in [0.15, 0.2) is 0 Å². The van der Waals surface area contributed by atoms with E-state index < -0.39 is 0 Å². The number of ether oxygens (including phenoxy) is 1. The molecule has 0 radical (unpaired) electrons. The summed E-state index contributed by atoms with van der Waals surface area (Å²) in [5.74, 6) is -0.0928. The number of carbonyl (C=O) groups excluding carboxylic acids is 1. The lowest BCUT2D eigenvalue weighted by Crippen LogP contribution is -2.41. The highest BCUT2D eigenvalue weighted by Crippen LogP contribution is 2.11. The molecule has 0 spiro atoms. The predicted molar refractivity (Wildman–Crippen MR) is 102 cm³/mol. The maximum atomic E-state index is 12.3. The van der Waals surface area contributed by atoms with Crippen molar-refractivity contribution in [3.8, 4) is 0 Å². The van der Waals surface area contributed by atoms with Crippen molar-refractivity contribution in [2.24, 2.45) is 0 Å². The van der Waals surface area contributed by atoms with Crippen molar-refractivity contribution >= 4 is 11.6 Å². The van der Waals surface area contributed by atoms with Crippen LogP contribution >= 0.6 is 0 Å². The minimum absolute atomic E-state index is 0.0928. The lowest BCUT2D eigenvalue weighted by Gasteiger charge is -2.26. The Morgan fingerprint density at radius 3 is 2.73 bits per heavy atom. The smallest absolute Gasteiger partial charge is 0.252 e. The first-order valence-corrected chi connectivity index (χ1v) is 9.03. The van der Waals surface area contributed by atoms with Crippen LogP contribution in [0.4, 0.5) is 5.69 Å². The van der Waals surface area contributed by atoms with Crippen LogP contribution in [0.1, 0.15) is 21.5 Å². The number of amides is 1. The van der Waals surface area contributed by atoms with E-state index in [1.807, 2.05) is 6.07 Å². The zero-order valence-corrected chi connectivity index (χ0v) is 15.2. The van der Waals surface area contributed by atoms with Gasteiger partial charge < -0.3 is 15.4 Å². The Morgan fingerprint density at radius 2 is 1.96 bits per heavy atom. The molecule has 0 unspecified atom stereocenters. The number of pyridine rings is 1. The molecule has 138 valence electrons. The van der Waals surface area contributed by atoms with Crippen LogP contribution in [-0.4, -0.2) is 55.2 Å². The van der Waals surface area contributed by atoms with E-state index in [0.717, 1.165) is 38.5 Å². The molecule has 26 heavy (non-hydrogen) atoms. The SMILES string of the molecule is Cc1ccc(CNc2cncc(C(=O)NCCN3CCOCC3)c2)cc1. The molecule has 1 aliphatic heterocycles. The Labute approximate surface area is 154 Å². The molecular weight excluding hydrogens is 328 g/mol. The van der Waals surface area contributed by atoms with E-state index in [0.29, 0.717) is 18.7 Å². The van der Waals surface area contributed by atoms with Gasteiger partial charge in [-0.3, -0.25) is 14.7 Å². The fourth-order valence-corrected chi connectivity index (χ4v) is 2.83. The van der Waals surface area contributed by atoms with Gasteiger partial charge in [-0.15, -0.1) is 0 Å². The average molecular weight is 354 g/mol. The standard InChI is InChI=1S/C20H26N4O2/c1-16-2-4-17(5-3-16)13-23-19-12-18(14-21-15-19)20(25)22-6-7-24-8-10-26-11-9-24/h2-5,12,14-15,23H,6-11,13H2,1H3,(H,22,25). The Morgan fingerprint density at radius 1 is 1.19 bits per heavy atom. The highest BCUT2D eigenvalue weighted by molar-refractivity contribution is 5.94. The van der Waals surface area contributed by atoms with Crippen LogP contribution < -0.4 is 10.6 Å². The summed E-state index contributed by atoms with van der Waals surface area (Å²) < 4.78 is 5.33. The van der Waals surface area contributed by atoms with Crippen LogP contribution in [0.5, 0.6) is 0 Å². The minimum Gasteiger partial charge on any atom is -0.380 e. The van der Waals surface area contributed by atoms with Gasteiger partial charge >= 0.3 is 0 Å². The summed E-state index contributed by atoms with van der Waals surface area (Å²) in [4.78, 5) is 18.8. The predicted octanol–water partition coefficient (Wildman–Crippen LogP) is 2.06. The number of aryl methyl sites for hydroxylation is 1. The van der Waals surface area contributed by atoms with Crippen LogP contribution in [0.25, 0.3) is 0 Å². The van der Waals surface area contributed by atoms with Gasteiger partial charge in [0.25, 0.3) is 5.91 Å². The zero-order chi connectivity index (χ0) is 18.2. The van der Waals surface area contributed by atoms with Crippen LogP contribution in [0.15, 0.2) is 42.7 Å². The Bertz CT molecular complexity index is 712. The molecule has 3 rings (SSSR count). The molecule has 0 aliphatic carbocycles. The number of rotatable bonds is 7. The van der Waals surface area contributed by atoms with E-state index in [2.05, 4.69) is 51.7 Å². The third-order valence-electron chi connectivity index (χ3n) is 4.43. The molecule has 1 saturated heterocycles. The van der Waals surface area contributed by atoms with Crippen molar-refractivity contribution in [3.63, 3.8) is 0 Å². The van der Waals surface area contributed by atoms with Crippen molar-refractivity contribution in [3.05, 3.63) is 59.4 Å². The first kappa shape index (κ1) is 18.4. The van der Waals surface area contributed by atoms with Crippen molar-refractivity contribution in [1.82, 2.24) is 15.2 Å². The summed E-state index contributed by atoms with van der Waals surface area (Å²) in [5, 5.41) is 6.28. The second-order valence-electron chi connectivity index (χ2n) is 6.51. The van der Waals surface area contributed by atoms with Crippen molar-refractivity contribution < 1.29 is 9.53 Å². The van der Waals surface area contributed by atoms with Crippen LogP contribution in [-0.2, 0) is 11.3 Å². The Balaban J connectivity index is 1.47. The maximum absolute atomic E-state index is 12.3. The molecule has 2 N–H and O–H groups in total. The molecule has 1 aromatic carbocycles. The van der Waals surface area contributed by atoms with Gasteiger partial charge in [-0.05, 0) is 18.6 Å². The van der Waals surface area contributed by atoms with Gasteiger partial charge in [-0.1, -0.05) is 29.8 Å². The van der Waals surface area contributed by atoms with E-state index in [1.165, 1.54) is 11.1 Å². The summed E-state index contributed by atoms with van der Waals surface area (Å²) in [6.45, 7) is 7.63. The highest BCUT2D eigenvalue weighted by Gasteiger charge is 2.11. The summed E-state index contributed by atoms with van der Waals surface area (Å²) in [6, 6.07) is 10.2. The monoisotopic (exact) mass is 354 g/mol. The fourth-order valence-electron chi connectivity index (χ4n) is 2.83. The zero-order valence-electron chi connectivity index (χ0n) is 15.2. The summed E-state index contributed by atoms with van der Waals surface area (Å²) in [6.07, 6.45) is 3.33. The van der Waals surface area contributed by atoms with Gasteiger partial charge in [0.1, 0.15) is 0 Å². The molecule has 1 aromatic heterocycles. The number of hydrogen-bond acceptors (Lipinski definition) is 5. The normalized spacial score (nSPS) is 14.8. The third kappa shape index (κ3) is 5.54. The largest absolute Gasteiger partial charge is 0.380 e. The van der Waals surface area contributed by atoms with Crippen LogP contribution in [0.3, 0.4) is 0 Å². The number of anilines is 1. The van der Waals surface area contributed by atoms with Gasteiger partial charge in [0, 0.05) is 45.1 Å². The van der Waals surface area contributed by atoms with Gasteiger partial charge in [-0.25, -0.2) is 0 Å². The molecule has 6 heteroatoms. The maximum Gasteiger partial charge on any atom is 0.252 e.